The second-order valence-corrected chi connectivity index (χ2v) is 8.67. The summed E-state index contributed by atoms with van der Waals surface area (Å²) in [5.74, 6) is 0. The minimum absolute atomic E-state index is 1.05. The van der Waals surface area contributed by atoms with Gasteiger partial charge in [-0.3, -0.25) is 4.98 Å². The molecule has 0 amide bonds. The average Bonchev–Trinajstić information content (AvgIpc) is 2.75. The van der Waals surface area contributed by atoms with Crippen molar-refractivity contribution in [2.75, 3.05) is 31.5 Å². The molecule has 0 saturated heterocycles. The number of aryl methyl sites for hydroxylation is 1. The third-order valence-electron chi connectivity index (χ3n) is 6.28. The molecule has 3 nitrogen and oxygen atoms in total. The highest BCUT2D eigenvalue weighted by Crippen LogP contribution is 2.33. The van der Waals surface area contributed by atoms with Gasteiger partial charge in [0.1, 0.15) is 0 Å². The number of para-hydroxylation sites is 1. The second kappa shape index (κ2) is 12.2. The number of rotatable bonds is 13. The molecule has 0 radical (unpaired) electrons. The van der Waals surface area contributed by atoms with Gasteiger partial charge in [0.05, 0.1) is 5.52 Å². The number of aromatic nitrogens is 1. The molecule has 1 aliphatic rings. The van der Waals surface area contributed by atoms with E-state index in [1.807, 2.05) is 0 Å². The SMILES string of the molecule is CCCCCN(CCCCC)CCCNc1c2c(nc3ccccc13)CCCC2. The maximum Gasteiger partial charge on any atom is 0.0726 e. The smallest absolute Gasteiger partial charge is 0.0726 e. The van der Waals surface area contributed by atoms with Gasteiger partial charge in [-0.2, -0.15) is 0 Å². The molecular formula is C26H41N3. The van der Waals surface area contributed by atoms with Gasteiger partial charge in [-0.05, 0) is 76.2 Å². The molecule has 0 spiro atoms. The fourth-order valence-corrected chi connectivity index (χ4v) is 4.60. The van der Waals surface area contributed by atoms with E-state index in [4.69, 9.17) is 4.98 Å². The lowest BCUT2D eigenvalue weighted by Gasteiger charge is -2.24. The first-order chi connectivity index (χ1) is 14.3. The largest absolute Gasteiger partial charge is 0.384 e. The van der Waals surface area contributed by atoms with Gasteiger partial charge in [0.25, 0.3) is 0 Å². The van der Waals surface area contributed by atoms with E-state index >= 15 is 0 Å². The summed E-state index contributed by atoms with van der Waals surface area (Å²) in [6.07, 6.45) is 14.1. The van der Waals surface area contributed by atoms with Crippen molar-refractivity contribution < 1.29 is 0 Å². The first kappa shape index (κ1) is 22.1. The molecular weight excluding hydrogens is 354 g/mol. The van der Waals surface area contributed by atoms with Crippen LogP contribution < -0.4 is 5.32 Å². The standard InChI is InChI=1S/C26H41N3/c1-3-5-11-19-29(20-12-6-4-2)21-13-18-27-26-22-14-7-9-16-24(22)28-25-17-10-8-15-23(25)26/h7,9,14,16H,3-6,8,10-13,15,17-21H2,1-2H3,(H,27,28). The van der Waals surface area contributed by atoms with Gasteiger partial charge in [-0.1, -0.05) is 57.7 Å². The third kappa shape index (κ3) is 6.44. The molecule has 0 saturated carbocycles. The molecule has 3 rings (SSSR count). The van der Waals surface area contributed by atoms with Crippen molar-refractivity contribution in [1.82, 2.24) is 9.88 Å². The fourth-order valence-electron chi connectivity index (χ4n) is 4.60. The van der Waals surface area contributed by atoms with Crippen LogP contribution in [0.25, 0.3) is 10.9 Å². The molecule has 0 unspecified atom stereocenters. The van der Waals surface area contributed by atoms with E-state index in [0.717, 1.165) is 18.5 Å². The van der Waals surface area contributed by atoms with E-state index < -0.39 is 0 Å². The molecule has 1 aliphatic carbocycles. The van der Waals surface area contributed by atoms with Gasteiger partial charge in [0.2, 0.25) is 0 Å². The Labute approximate surface area is 178 Å². The molecule has 1 aromatic heterocycles. The number of nitrogens with one attached hydrogen (secondary N) is 1. The Balaban J connectivity index is 1.59. The van der Waals surface area contributed by atoms with Crippen LogP contribution in [0.3, 0.4) is 0 Å². The number of pyridine rings is 1. The summed E-state index contributed by atoms with van der Waals surface area (Å²) in [6, 6.07) is 8.66. The Kier molecular flexibility index (Phi) is 9.27. The molecule has 0 aliphatic heterocycles. The molecule has 1 N–H and O–H groups in total. The number of fused-ring (bicyclic) bond motifs is 2. The number of hydrogen-bond acceptors (Lipinski definition) is 3. The summed E-state index contributed by atoms with van der Waals surface area (Å²) in [5.41, 5.74) is 5.33. The molecule has 1 aromatic carbocycles. The van der Waals surface area contributed by atoms with Crippen molar-refractivity contribution in [3.8, 4) is 0 Å². The normalized spacial score (nSPS) is 13.8. The van der Waals surface area contributed by atoms with Gasteiger partial charge in [0, 0.05) is 23.3 Å². The fraction of sp³-hybridized carbons (Fsp3) is 0.654. The van der Waals surface area contributed by atoms with Crippen LogP contribution in [-0.2, 0) is 12.8 Å². The number of hydrogen-bond donors (Lipinski definition) is 1. The van der Waals surface area contributed by atoms with Crippen LogP contribution >= 0.6 is 0 Å². The second-order valence-electron chi connectivity index (χ2n) is 8.67. The van der Waals surface area contributed by atoms with E-state index in [1.165, 1.54) is 106 Å². The van der Waals surface area contributed by atoms with Gasteiger partial charge in [-0.25, -0.2) is 0 Å². The Morgan fingerprint density at radius 2 is 1.55 bits per heavy atom. The number of benzene rings is 1. The zero-order valence-electron chi connectivity index (χ0n) is 18.8. The topological polar surface area (TPSA) is 28.2 Å². The highest BCUT2D eigenvalue weighted by atomic mass is 15.1. The quantitative estimate of drug-likeness (QED) is 0.387. The summed E-state index contributed by atoms with van der Waals surface area (Å²) in [4.78, 5) is 7.67. The summed E-state index contributed by atoms with van der Waals surface area (Å²) in [7, 11) is 0. The van der Waals surface area contributed by atoms with E-state index in [-0.39, 0.29) is 0 Å². The minimum atomic E-state index is 1.05. The van der Waals surface area contributed by atoms with E-state index in [2.05, 4.69) is 48.3 Å². The molecule has 0 bridgehead atoms. The minimum Gasteiger partial charge on any atom is -0.384 e. The number of anilines is 1. The summed E-state index contributed by atoms with van der Waals surface area (Å²) in [6.45, 7) is 9.40. The van der Waals surface area contributed by atoms with Gasteiger partial charge in [-0.15, -0.1) is 0 Å². The molecule has 0 atom stereocenters. The first-order valence-electron chi connectivity index (χ1n) is 12.2. The van der Waals surface area contributed by atoms with Crippen molar-refractivity contribution >= 4 is 16.6 Å². The van der Waals surface area contributed by atoms with Crippen LogP contribution in [0.1, 0.15) is 82.9 Å². The monoisotopic (exact) mass is 395 g/mol. The van der Waals surface area contributed by atoms with Gasteiger partial charge >= 0.3 is 0 Å². The first-order valence-corrected chi connectivity index (χ1v) is 12.2. The van der Waals surface area contributed by atoms with E-state index in [0.29, 0.717) is 0 Å². The van der Waals surface area contributed by atoms with Crippen molar-refractivity contribution in [3.05, 3.63) is 35.5 Å². The van der Waals surface area contributed by atoms with Crippen LogP contribution in [0.15, 0.2) is 24.3 Å². The lowest BCUT2D eigenvalue weighted by atomic mass is 9.92. The van der Waals surface area contributed by atoms with Crippen LogP contribution in [-0.4, -0.2) is 36.1 Å². The van der Waals surface area contributed by atoms with Gasteiger partial charge in [0.15, 0.2) is 0 Å². The highest BCUT2D eigenvalue weighted by Gasteiger charge is 2.17. The van der Waals surface area contributed by atoms with Crippen LogP contribution in [0.4, 0.5) is 5.69 Å². The lowest BCUT2D eigenvalue weighted by Crippen LogP contribution is -2.28. The molecule has 29 heavy (non-hydrogen) atoms. The van der Waals surface area contributed by atoms with E-state index in [9.17, 15) is 0 Å². The Morgan fingerprint density at radius 1 is 0.862 bits per heavy atom. The third-order valence-corrected chi connectivity index (χ3v) is 6.28. The van der Waals surface area contributed by atoms with Crippen molar-refractivity contribution in [3.63, 3.8) is 0 Å². The average molecular weight is 396 g/mol. The maximum absolute atomic E-state index is 4.97. The zero-order chi connectivity index (χ0) is 20.3. The highest BCUT2D eigenvalue weighted by molar-refractivity contribution is 5.93. The summed E-state index contributed by atoms with van der Waals surface area (Å²) >= 11 is 0. The number of unbranched alkanes of at least 4 members (excludes halogenated alkanes) is 4. The molecule has 0 fully saturated rings. The Hall–Kier alpha value is -1.61. The summed E-state index contributed by atoms with van der Waals surface area (Å²) < 4.78 is 0. The van der Waals surface area contributed by atoms with Crippen molar-refractivity contribution in [2.45, 2.75) is 84.5 Å². The predicted molar refractivity (Wildman–Crippen MR) is 127 cm³/mol. The molecule has 160 valence electrons. The number of nitrogens with zero attached hydrogens (tertiary/aromatic N) is 2. The lowest BCUT2D eigenvalue weighted by molar-refractivity contribution is 0.261. The molecule has 3 heteroatoms. The molecule has 1 heterocycles. The Bertz CT molecular complexity index is 730. The maximum atomic E-state index is 4.97. The predicted octanol–water partition coefficient (Wildman–Crippen LogP) is 6.60. The van der Waals surface area contributed by atoms with Crippen LogP contribution in [0.2, 0.25) is 0 Å². The molecule has 2 aromatic rings. The van der Waals surface area contributed by atoms with Gasteiger partial charge < -0.3 is 10.2 Å². The van der Waals surface area contributed by atoms with Crippen LogP contribution in [0, 0.1) is 0 Å². The van der Waals surface area contributed by atoms with Crippen LogP contribution in [0.5, 0.6) is 0 Å². The Morgan fingerprint density at radius 3 is 2.31 bits per heavy atom. The zero-order valence-corrected chi connectivity index (χ0v) is 18.8. The van der Waals surface area contributed by atoms with Crippen molar-refractivity contribution in [1.29, 1.82) is 0 Å². The van der Waals surface area contributed by atoms with E-state index in [1.54, 1.807) is 0 Å². The van der Waals surface area contributed by atoms with Crippen molar-refractivity contribution in [2.24, 2.45) is 0 Å². The summed E-state index contributed by atoms with van der Waals surface area (Å²) in [5, 5.41) is 5.14.